The molecule has 3 heteroatoms. The van der Waals surface area contributed by atoms with Crippen molar-refractivity contribution in [2.45, 2.75) is 52.7 Å². The van der Waals surface area contributed by atoms with Crippen molar-refractivity contribution in [3.63, 3.8) is 0 Å². The van der Waals surface area contributed by atoms with E-state index in [0.29, 0.717) is 12.1 Å². The first-order valence-corrected chi connectivity index (χ1v) is 4.98. The average Bonchev–Trinajstić information content (AvgIpc) is 2.31. The van der Waals surface area contributed by atoms with Crippen molar-refractivity contribution in [1.82, 2.24) is 10.3 Å². The van der Waals surface area contributed by atoms with E-state index in [9.17, 15) is 0 Å². The molecule has 0 bridgehead atoms. The quantitative estimate of drug-likeness (QED) is 0.709. The molecule has 13 heavy (non-hydrogen) atoms. The van der Waals surface area contributed by atoms with Crippen LogP contribution < -0.4 is 5.43 Å². The van der Waals surface area contributed by atoms with Gasteiger partial charge in [-0.15, -0.1) is 0 Å². The summed E-state index contributed by atoms with van der Waals surface area (Å²) in [5.41, 5.74) is 3.30. The van der Waals surface area contributed by atoms with Crippen LogP contribution in [0.2, 0.25) is 0 Å². The lowest BCUT2D eigenvalue weighted by molar-refractivity contribution is 0.158. The molecule has 1 aliphatic heterocycles. The molecule has 0 spiro atoms. The number of hydrazone groups is 1. The fourth-order valence-corrected chi connectivity index (χ4v) is 1.58. The lowest BCUT2D eigenvalue weighted by atomic mass is 10.0. The standard InChI is InChI=1S/C10H21N3/c1-8(2)6-9-12-11-7-13(9)10(3,4)5/h7-9,12H,6H2,1-5H3. The molecule has 1 unspecified atom stereocenters. The minimum Gasteiger partial charge on any atom is -0.335 e. The van der Waals surface area contributed by atoms with E-state index < -0.39 is 0 Å². The van der Waals surface area contributed by atoms with Crippen molar-refractivity contribution in [3.05, 3.63) is 0 Å². The van der Waals surface area contributed by atoms with Gasteiger partial charge in [-0.1, -0.05) is 13.8 Å². The minimum atomic E-state index is 0.159. The van der Waals surface area contributed by atoms with Crippen molar-refractivity contribution in [2.75, 3.05) is 0 Å². The van der Waals surface area contributed by atoms with Crippen LogP contribution in [0, 0.1) is 5.92 Å². The molecule has 0 fully saturated rings. The molecule has 0 aromatic carbocycles. The topological polar surface area (TPSA) is 27.6 Å². The Hall–Kier alpha value is -0.730. The highest BCUT2D eigenvalue weighted by atomic mass is 15.5. The van der Waals surface area contributed by atoms with Gasteiger partial charge in [-0.3, -0.25) is 5.43 Å². The molecule has 0 radical (unpaired) electrons. The largest absolute Gasteiger partial charge is 0.335 e. The first kappa shape index (κ1) is 10.4. The van der Waals surface area contributed by atoms with Gasteiger partial charge >= 0.3 is 0 Å². The summed E-state index contributed by atoms with van der Waals surface area (Å²) in [5.74, 6) is 0.698. The summed E-state index contributed by atoms with van der Waals surface area (Å²) in [6.07, 6.45) is 3.42. The smallest absolute Gasteiger partial charge is 0.117 e. The Bertz CT molecular complexity index is 191. The summed E-state index contributed by atoms with van der Waals surface area (Å²) in [5, 5.41) is 4.12. The third kappa shape index (κ3) is 2.61. The summed E-state index contributed by atoms with van der Waals surface area (Å²) in [6.45, 7) is 11.1. The van der Waals surface area contributed by atoms with Crippen LogP contribution >= 0.6 is 0 Å². The Morgan fingerprint density at radius 1 is 1.46 bits per heavy atom. The van der Waals surface area contributed by atoms with Gasteiger partial charge in [0.05, 0.1) is 0 Å². The second-order valence-electron chi connectivity index (χ2n) is 5.10. The van der Waals surface area contributed by atoms with Crippen molar-refractivity contribution >= 4 is 6.34 Å². The van der Waals surface area contributed by atoms with Gasteiger partial charge in [0.25, 0.3) is 0 Å². The fourth-order valence-electron chi connectivity index (χ4n) is 1.58. The third-order valence-electron chi connectivity index (χ3n) is 2.21. The van der Waals surface area contributed by atoms with Crippen LogP contribution in [-0.4, -0.2) is 22.9 Å². The summed E-state index contributed by atoms with van der Waals surface area (Å²) in [4.78, 5) is 2.28. The second kappa shape index (κ2) is 3.56. The number of nitrogens with zero attached hydrogens (tertiary/aromatic N) is 2. The van der Waals surface area contributed by atoms with Crippen LogP contribution in [0.5, 0.6) is 0 Å². The Kier molecular flexibility index (Phi) is 2.84. The molecular weight excluding hydrogens is 162 g/mol. The molecule has 0 amide bonds. The number of hydrogen-bond donors (Lipinski definition) is 1. The molecule has 1 N–H and O–H groups in total. The SMILES string of the molecule is CC(C)CC1NN=CN1C(C)(C)C. The fraction of sp³-hybridized carbons (Fsp3) is 0.900. The van der Waals surface area contributed by atoms with Gasteiger partial charge in [0, 0.05) is 5.54 Å². The van der Waals surface area contributed by atoms with Gasteiger partial charge in [0.15, 0.2) is 0 Å². The van der Waals surface area contributed by atoms with Gasteiger partial charge in [0.1, 0.15) is 12.5 Å². The second-order valence-corrected chi connectivity index (χ2v) is 5.10. The lowest BCUT2D eigenvalue weighted by Gasteiger charge is -2.36. The van der Waals surface area contributed by atoms with Gasteiger partial charge in [-0.25, -0.2) is 0 Å². The number of hydrogen-bond acceptors (Lipinski definition) is 3. The van der Waals surface area contributed by atoms with Crippen LogP contribution in [0.4, 0.5) is 0 Å². The van der Waals surface area contributed by atoms with E-state index >= 15 is 0 Å². The molecule has 0 aromatic rings. The molecule has 3 nitrogen and oxygen atoms in total. The van der Waals surface area contributed by atoms with Crippen LogP contribution in [-0.2, 0) is 0 Å². The van der Waals surface area contributed by atoms with Crippen molar-refractivity contribution < 1.29 is 0 Å². The summed E-state index contributed by atoms with van der Waals surface area (Å²) >= 11 is 0. The zero-order valence-electron chi connectivity index (χ0n) is 9.33. The molecule has 0 saturated carbocycles. The summed E-state index contributed by atoms with van der Waals surface area (Å²) in [6, 6.07) is 0. The highest BCUT2D eigenvalue weighted by molar-refractivity contribution is 5.58. The maximum Gasteiger partial charge on any atom is 0.117 e. The van der Waals surface area contributed by atoms with Crippen LogP contribution in [0.25, 0.3) is 0 Å². The average molecular weight is 183 g/mol. The first-order valence-electron chi connectivity index (χ1n) is 4.98. The van der Waals surface area contributed by atoms with E-state index in [-0.39, 0.29) is 5.54 Å². The highest BCUT2D eigenvalue weighted by Crippen LogP contribution is 2.20. The van der Waals surface area contributed by atoms with E-state index in [0.717, 1.165) is 6.42 Å². The molecule has 1 aliphatic rings. The van der Waals surface area contributed by atoms with Gasteiger partial charge in [-0.05, 0) is 33.1 Å². The normalized spacial score (nSPS) is 22.6. The predicted molar refractivity (Wildman–Crippen MR) is 56.5 cm³/mol. The van der Waals surface area contributed by atoms with Crippen molar-refractivity contribution in [2.24, 2.45) is 11.0 Å². The minimum absolute atomic E-state index is 0.159. The van der Waals surface area contributed by atoms with Gasteiger partial charge in [0.2, 0.25) is 0 Å². The first-order chi connectivity index (χ1) is 5.91. The van der Waals surface area contributed by atoms with Crippen LogP contribution in [0.15, 0.2) is 5.10 Å². The summed E-state index contributed by atoms with van der Waals surface area (Å²) < 4.78 is 0. The highest BCUT2D eigenvalue weighted by Gasteiger charge is 2.29. The predicted octanol–water partition coefficient (Wildman–Crippen LogP) is 2.01. The maximum absolute atomic E-state index is 4.12. The van der Waals surface area contributed by atoms with Crippen molar-refractivity contribution in [1.29, 1.82) is 0 Å². The van der Waals surface area contributed by atoms with E-state index in [4.69, 9.17) is 0 Å². The molecule has 1 atom stereocenters. The summed E-state index contributed by atoms with van der Waals surface area (Å²) in [7, 11) is 0. The lowest BCUT2D eigenvalue weighted by Crippen LogP contribution is -2.48. The number of nitrogens with one attached hydrogen (secondary N) is 1. The van der Waals surface area contributed by atoms with E-state index in [1.165, 1.54) is 0 Å². The van der Waals surface area contributed by atoms with Crippen LogP contribution in [0.1, 0.15) is 41.0 Å². The van der Waals surface area contributed by atoms with E-state index in [1.807, 2.05) is 6.34 Å². The molecule has 1 rings (SSSR count). The zero-order chi connectivity index (χ0) is 10.1. The Morgan fingerprint density at radius 2 is 2.08 bits per heavy atom. The molecule has 76 valence electrons. The molecular formula is C10H21N3. The Morgan fingerprint density at radius 3 is 2.54 bits per heavy atom. The Balaban J connectivity index is 2.58. The third-order valence-corrected chi connectivity index (χ3v) is 2.21. The molecule has 0 aromatic heterocycles. The maximum atomic E-state index is 4.12. The van der Waals surface area contributed by atoms with E-state index in [1.54, 1.807) is 0 Å². The monoisotopic (exact) mass is 183 g/mol. The molecule has 1 heterocycles. The van der Waals surface area contributed by atoms with Gasteiger partial charge < -0.3 is 4.90 Å². The van der Waals surface area contributed by atoms with E-state index in [2.05, 4.69) is 50.0 Å². The molecule has 0 saturated heterocycles. The zero-order valence-corrected chi connectivity index (χ0v) is 9.33. The molecule has 0 aliphatic carbocycles. The van der Waals surface area contributed by atoms with Crippen molar-refractivity contribution in [3.8, 4) is 0 Å². The number of rotatable bonds is 2. The Labute approximate surface area is 81.2 Å². The van der Waals surface area contributed by atoms with Crippen LogP contribution in [0.3, 0.4) is 0 Å². The van der Waals surface area contributed by atoms with Gasteiger partial charge in [-0.2, -0.15) is 5.10 Å².